The maximum atomic E-state index is 11.9. The molecule has 0 aliphatic rings. The second kappa shape index (κ2) is 5.29. The van der Waals surface area contributed by atoms with Crippen LogP contribution in [0.1, 0.15) is 19.4 Å². The van der Waals surface area contributed by atoms with Crippen LogP contribution in [0.3, 0.4) is 0 Å². The lowest BCUT2D eigenvalue weighted by molar-refractivity contribution is -0.133. The number of hydrogen-bond donors (Lipinski definition) is 2. The lowest BCUT2D eigenvalue weighted by Crippen LogP contribution is -2.27. The summed E-state index contributed by atoms with van der Waals surface area (Å²) in [5.41, 5.74) is 1.17. The van der Waals surface area contributed by atoms with Crippen LogP contribution in [-0.2, 0) is 16.1 Å². The van der Waals surface area contributed by atoms with Crippen LogP contribution in [0.5, 0.6) is 0 Å². The van der Waals surface area contributed by atoms with Crippen molar-refractivity contribution in [1.29, 1.82) is 0 Å². The van der Waals surface area contributed by atoms with Gasteiger partial charge in [-0.05, 0) is 13.8 Å². The highest BCUT2D eigenvalue weighted by Crippen LogP contribution is 2.09. The quantitative estimate of drug-likeness (QED) is 0.758. The number of carbonyl (C=O) groups is 2. The summed E-state index contributed by atoms with van der Waals surface area (Å²) in [7, 11) is 1.62. The summed E-state index contributed by atoms with van der Waals surface area (Å²) in [5.74, 6) is -1.38. The van der Waals surface area contributed by atoms with E-state index in [-0.39, 0.29) is 17.1 Å². The van der Waals surface area contributed by atoms with Crippen LogP contribution in [0.25, 0.3) is 0 Å². The fraction of sp³-hybridized carbons (Fsp3) is 0.364. The fourth-order valence-electron chi connectivity index (χ4n) is 1.32. The molecule has 1 aromatic heterocycles. The molecule has 0 aliphatic carbocycles. The third kappa shape index (κ3) is 3.17. The molecule has 1 rings (SSSR count). The molecule has 0 aromatic carbocycles. The van der Waals surface area contributed by atoms with Crippen LogP contribution in [0.15, 0.2) is 23.5 Å². The average Bonchev–Trinajstić information content (AvgIpc) is 2.78. The molecule has 6 nitrogen and oxygen atoms in total. The van der Waals surface area contributed by atoms with E-state index in [2.05, 4.69) is 10.2 Å². The summed E-state index contributed by atoms with van der Waals surface area (Å²) in [6, 6.07) is 0. The number of carboxylic acids is 1. The topological polar surface area (TPSA) is 86.3 Å². The summed E-state index contributed by atoms with van der Waals surface area (Å²) >= 11 is 0. The molecular weight excluding hydrogens is 222 g/mol. The maximum Gasteiger partial charge on any atom is 0.331 e. The SMILES string of the molecule is CC(C(=O)O)=C(C)C(=O)N(C)Cc1cn[nH]c1. The first-order chi connectivity index (χ1) is 7.93. The van der Waals surface area contributed by atoms with Gasteiger partial charge >= 0.3 is 5.97 Å². The van der Waals surface area contributed by atoms with Gasteiger partial charge in [-0.15, -0.1) is 0 Å². The first kappa shape index (κ1) is 13.0. The molecule has 1 heterocycles. The molecule has 0 radical (unpaired) electrons. The van der Waals surface area contributed by atoms with Gasteiger partial charge in [-0.25, -0.2) is 4.79 Å². The van der Waals surface area contributed by atoms with Crippen LogP contribution in [-0.4, -0.2) is 39.1 Å². The molecule has 1 amide bonds. The van der Waals surface area contributed by atoms with Gasteiger partial charge in [-0.1, -0.05) is 0 Å². The predicted octanol–water partition coefficient (Wildman–Crippen LogP) is 0.789. The number of aliphatic carboxylic acids is 1. The normalized spacial score (nSPS) is 11.9. The van der Waals surface area contributed by atoms with Crippen molar-refractivity contribution in [2.45, 2.75) is 20.4 Å². The molecule has 0 fully saturated rings. The van der Waals surface area contributed by atoms with Crippen molar-refractivity contribution in [2.75, 3.05) is 7.05 Å². The van der Waals surface area contributed by atoms with Crippen LogP contribution in [0, 0.1) is 0 Å². The Labute approximate surface area is 98.9 Å². The van der Waals surface area contributed by atoms with Crippen LogP contribution >= 0.6 is 0 Å². The third-order valence-corrected chi connectivity index (χ3v) is 2.53. The van der Waals surface area contributed by atoms with E-state index in [9.17, 15) is 9.59 Å². The van der Waals surface area contributed by atoms with Gasteiger partial charge in [0.25, 0.3) is 0 Å². The third-order valence-electron chi connectivity index (χ3n) is 2.53. The minimum atomic E-state index is -1.08. The first-order valence-electron chi connectivity index (χ1n) is 5.07. The van der Waals surface area contributed by atoms with E-state index in [4.69, 9.17) is 5.11 Å². The van der Waals surface area contributed by atoms with Gasteiger partial charge in [0.15, 0.2) is 0 Å². The van der Waals surface area contributed by atoms with Crippen LogP contribution in [0.4, 0.5) is 0 Å². The van der Waals surface area contributed by atoms with E-state index >= 15 is 0 Å². The van der Waals surface area contributed by atoms with Crippen molar-refractivity contribution in [3.05, 3.63) is 29.1 Å². The van der Waals surface area contributed by atoms with Crippen LogP contribution in [0.2, 0.25) is 0 Å². The van der Waals surface area contributed by atoms with E-state index in [0.29, 0.717) is 6.54 Å². The Hall–Kier alpha value is -2.11. The second-order valence-corrected chi connectivity index (χ2v) is 3.82. The number of hydrogen-bond acceptors (Lipinski definition) is 3. The van der Waals surface area contributed by atoms with Crippen molar-refractivity contribution >= 4 is 11.9 Å². The van der Waals surface area contributed by atoms with Crippen molar-refractivity contribution < 1.29 is 14.7 Å². The number of rotatable bonds is 4. The highest BCUT2D eigenvalue weighted by molar-refractivity contribution is 6.01. The van der Waals surface area contributed by atoms with E-state index < -0.39 is 5.97 Å². The Morgan fingerprint density at radius 3 is 2.53 bits per heavy atom. The second-order valence-electron chi connectivity index (χ2n) is 3.82. The molecule has 0 unspecified atom stereocenters. The van der Waals surface area contributed by atoms with E-state index in [1.54, 1.807) is 19.4 Å². The molecular formula is C11H15N3O3. The molecule has 0 saturated heterocycles. The van der Waals surface area contributed by atoms with Gasteiger partial charge in [-0.2, -0.15) is 5.10 Å². The van der Waals surface area contributed by atoms with E-state index in [1.807, 2.05) is 0 Å². The van der Waals surface area contributed by atoms with Crippen molar-refractivity contribution in [2.24, 2.45) is 0 Å². The first-order valence-corrected chi connectivity index (χ1v) is 5.07. The molecule has 17 heavy (non-hydrogen) atoms. The zero-order valence-corrected chi connectivity index (χ0v) is 10.0. The number of carbonyl (C=O) groups excluding carboxylic acids is 1. The van der Waals surface area contributed by atoms with Crippen molar-refractivity contribution in [3.63, 3.8) is 0 Å². The van der Waals surface area contributed by atoms with Gasteiger partial charge in [0.2, 0.25) is 5.91 Å². The summed E-state index contributed by atoms with van der Waals surface area (Å²) in [6.45, 7) is 3.32. The molecule has 0 saturated carbocycles. The summed E-state index contributed by atoms with van der Waals surface area (Å²) in [5, 5.41) is 15.2. The van der Waals surface area contributed by atoms with E-state index in [1.165, 1.54) is 18.7 Å². The molecule has 0 bridgehead atoms. The standard InChI is InChI=1S/C11H15N3O3/c1-7(8(2)11(16)17)10(15)14(3)6-9-4-12-13-5-9/h4-5H,6H2,1-3H3,(H,12,13)(H,16,17). The number of amides is 1. The highest BCUT2D eigenvalue weighted by Gasteiger charge is 2.16. The zero-order valence-electron chi connectivity index (χ0n) is 10.0. The average molecular weight is 237 g/mol. The summed E-state index contributed by atoms with van der Waals surface area (Å²) in [4.78, 5) is 24.1. The number of H-pyrrole nitrogens is 1. The number of carboxylic acid groups (broad SMARTS) is 1. The Kier molecular flexibility index (Phi) is 4.03. The summed E-state index contributed by atoms with van der Waals surface area (Å²) < 4.78 is 0. The minimum Gasteiger partial charge on any atom is -0.478 e. The van der Waals surface area contributed by atoms with Crippen LogP contribution < -0.4 is 0 Å². The zero-order chi connectivity index (χ0) is 13.0. The summed E-state index contributed by atoms with van der Waals surface area (Å²) in [6.07, 6.45) is 3.31. The van der Waals surface area contributed by atoms with Crippen molar-refractivity contribution in [1.82, 2.24) is 15.1 Å². The molecule has 0 spiro atoms. The number of likely N-dealkylation sites (N-methyl/N-ethyl adjacent to an activating group) is 1. The van der Waals surface area contributed by atoms with E-state index in [0.717, 1.165) is 5.56 Å². The molecule has 6 heteroatoms. The maximum absolute atomic E-state index is 11.9. The van der Waals surface area contributed by atoms with Gasteiger partial charge in [0.05, 0.1) is 6.20 Å². The highest BCUT2D eigenvalue weighted by atomic mass is 16.4. The van der Waals surface area contributed by atoms with Gasteiger partial charge in [0, 0.05) is 36.5 Å². The largest absolute Gasteiger partial charge is 0.478 e. The van der Waals surface area contributed by atoms with Gasteiger partial charge in [0.1, 0.15) is 0 Å². The Balaban J connectivity index is 2.77. The Bertz CT molecular complexity index is 449. The number of nitrogens with zero attached hydrogens (tertiary/aromatic N) is 2. The number of aromatic nitrogens is 2. The molecule has 92 valence electrons. The van der Waals surface area contributed by atoms with Gasteiger partial charge in [-0.3, -0.25) is 9.89 Å². The lowest BCUT2D eigenvalue weighted by Gasteiger charge is -2.17. The number of nitrogens with one attached hydrogen (secondary N) is 1. The Morgan fingerprint density at radius 2 is 2.06 bits per heavy atom. The predicted molar refractivity (Wildman–Crippen MR) is 61.1 cm³/mol. The molecule has 2 N–H and O–H groups in total. The smallest absolute Gasteiger partial charge is 0.331 e. The molecule has 0 aliphatic heterocycles. The minimum absolute atomic E-state index is 0.0639. The Morgan fingerprint density at radius 1 is 1.41 bits per heavy atom. The molecule has 0 atom stereocenters. The molecule has 1 aromatic rings. The van der Waals surface area contributed by atoms with Gasteiger partial charge < -0.3 is 10.0 Å². The number of aromatic amines is 1. The lowest BCUT2D eigenvalue weighted by atomic mass is 10.1. The van der Waals surface area contributed by atoms with Crippen molar-refractivity contribution in [3.8, 4) is 0 Å². The monoisotopic (exact) mass is 237 g/mol. The fourth-order valence-corrected chi connectivity index (χ4v) is 1.32.